The van der Waals surface area contributed by atoms with E-state index >= 15 is 0 Å². The van der Waals surface area contributed by atoms with E-state index in [-0.39, 0.29) is 0 Å². The summed E-state index contributed by atoms with van der Waals surface area (Å²) >= 11 is 0. The van der Waals surface area contributed by atoms with Gasteiger partial charge in [0.2, 0.25) is 0 Å². The molecule has 0 fully saturated rings. The van der Waals surface area contributed by atoms with Crippen molar-refractivity contribution >= 4 is 44.7 Å². The molecule has 0 spiro atoms. The van der Waals surface area contributed by atoms with E-state index in [9.17, 15) is 0 Å². The lowest BCUT2D eigenvalue weighted by Gasteiger charge is -2.38. The molecule has 0 aliphatic rings. The molecule has 8 heterocycles. The Kier molecular flexibility index (Phi) is 13.4. The fourth-order valence-corrected chi connectivity index (χ4v) is 13.8. The molecule has 16 rings (SSSR count). The Hall–Kier alpha value is -12.0. The normalized spacial score (nSPS) is 11.9. The molecule has 0 aliphatic carbocycles. The minimum absolute atomic E-state index is 0.608. The van der Waals surface area contributed by atoms with E-state index in [1.807, 2.05) is 24.8 Å². The van der Waals surface area contributed by atoms with Crippen LogP contribution in [-0.2, 0) is 5.41 Å². The predicted octanol–water partition coefficient (Wildman–Crippen LogP) is 15.7. The van der Waals surface area contributed by atoms with E-state index in [0.717, 1.165) is 157 Å². The molecule has 93 heavy (non-hydrogen) atoms. The van der Waals surface area contributed by atoms with Gasteiger partial charge in [-0.3, -0.25) is 18.3 Å². The third-order valence-corrected chi connectivity index (χ3v) is 18.4. The molecule has 0 saturated heterocycles. The van der Waals surface area contributed by atoms with Gasteiger partial charge in [-0.15, -0.1) is 0 Å². The Bertz CT molecular complexity index is 4970. The van der Waals surface area contributed by atoms with Gasteiger partial charge in [0.15, 0.2) is 22.6 Å². The summed E-state index contributed by atoms with van der Waals surface area (Å²) in [7, 11) is 0. The molecule has 0 unspecified atom stereocenters. The zero-order valence-electron chi connectivity index (χ0n) is 52.4. The SMILES string of the molecule is Cc1ccccc1-c1nc2ncncc2n1-c1ccc(C(c2ccc(-n3c(-c4ccccc4C)nc4ncncc43)c(C)c2)(c2ccc(-n3c(-c4ccccc4C)nc4ncncc43)c(C)c2)c2ccc(-n3c(-c4ccccc4C)nc4ncncc43)c(C)c2)cc1C. The average Bonchev–Trinajstić information content (AvgIpc) is 0.938. The van der Waals surface area contributed by atoms with Gasteiger partial charge in [-0.05, 0) is 146 Å². The van der Waals surface area contributed by atoms with Crippen molar-refractivity contribution in [1.82, 2.24) is 78.1 Å². The van der Waals surface area contributed by atoms with E-state index in [1.54, 1.807) is 25.3 Å². The van der Waals surface area contributed by atoms with Crippen molar-refractivity contribution < 1.29 is 0 Å². The van der Waals surface area contributed by atoms with Crippen LogP contribution in [-0.4, -0.2) is 78.1 Å². The molecule has 0 atom stereocenters. The maximum atomic E-state index is 5.21. The van der Waals surface area contributed by atoms with Crippen molar-refractivity contribution in [2.24, 2.45) is 0 Å². The summed E-state index contributed by atoms with van der Waals surface area (Å²) in [5.74, 6) is 3.12. The smallest absolute Gasteiger partial charge is 0.181 e. The van der Waals surface area contributed by atoms with Gasteiger partial charge in [-0.25, -0.2) is 59.8 Å². The number of imidazole rings is 4. The maximum absolute atomic E-state index is 5.21. The van der Waals surface area contributed by atoms with Crippen LogP contribution in [0.3, 0.4) is 0 Å². The minimum Gasteiger partial charge on any atom is -0.289 e. The summed E-state index contributed by atoms with van der Waals surface area (Å²) in [6.45, 7) is 17.2. The van der Waals surface area contributed by atoms with E-state index < -0.39 is 5.41 Å². The number of benzene rings is 8. The van der Waals surface area contributed by atoms with Gasteiger partial charge in [0, 0.05) is 22.3 Å². The third-order valence-electron chi connectivity index (χ3n) is 18.4. The molecule has 8 aromatic carbocycles. The third kappa shape index (κ3) is 9.03. The summed E-state index contributed by atoms with van der Waals surface area (Å²) in [4.78, 5) is 57.9. The number of hydrogen-bond acceptors (Lipinski definition) is 12. The van der Waals surface area contributed by atoms with E-state index in [0.29, 0.717) is 22.6 Å². The van der Waals surface area contributed by atoms with Gasteiger partial charge in [-0.1, -0.05) is 146 Å². The zero-order valence-corrected chi connectivity index (χ0v) is 52.4. The van der Waals surface area contributed by atoms with Crippen LogP contribution in [0.5, 0.6) is 0 Å². The van der Waals surface area contributed by atoms with Gasteiger partial charge >= 0.3 is 0 Å². The van der Waals surface area contributed by atoms with Crippen molar-refractivity contribution in [2.45, 2.75) is 60.8 Å². The highest BCUT2D eigenvalue weighted by Gasteiger charge is 2.41. The summed E-state index contributed by atoms with van der Waals surface area (Å²) in [5, 5.41) is 0. The summed E-state index contributed by atoms with van der Waals surface area (Å²) in [6, 6.07) is 61.0. The first-order valence-electron chi connectivity index (χ1n) is 30.9. The highest BCUT2D eigenvalue weighted by atomic mass is 15.2. The van der Waals surface area contributed by atoms with E-state index in [1.165, 1.54) is 0 Å². The maximum Gasteiger partial charge on any atom is 0.181 e. The Labute approximate surface area is 535 Å². The fraction of sp³-hybridized carbons (Fsp3) is 0.117. The zero-order chi connectivity index (χ0) is 63.2. The summed E-state index contributed by atoms with van der Waals surface area (Å²) in [5.41, 5.74) is 24.9. The molecule has 0 saturated carbocycles. The molecule has 0 radical (unpaired) electrons. The van der Waals surface area contributed by atoms with Crippen molar-refractivity contribution in [3.63, 3.8) is 0 Å². The quantitative estimate of drug-likeness (QED) is 0.106. The first kappa shape index (κ1) is 56.2. The van der Waals surface area contributed by atoms with Crippen LogP contribution in [0.1, 0.15) is 66.8 Å². The fourth-order valence-electron chi connectivity index (χ4n) is 13.8. The molecule has 0 N–H and O–H groups in total. The van der Waals surface area contributed by atoms with E-state index in [4.69, 9.17) is 39.9 Å². The lowest BCUT2D eigenvalue weighted by atomic mass is 9.64. The number of nitrogens with zero attached hydrogens (tertiary/aromatic N) is 16. The Balaban J connectivity index is 0.992. The lowest BCUT2D eigenvalue weighted by Crippen LogP contribution is -2.32. The number of aromatic nitrogens is 16. The predicted molar refractivity (Wildman–Crippen MR) is 365 cm³/mol. The van der Waals surface area contributed by atoms with Gasteiger partial charge in [0.25, 0.3) is 0 Å². The summed E-state index contributed by atoms with van der Waals surface area (Å²) < 4.78 is 8.82. The highest BCUT2D eigenvalue weighted by molar-refractivity contribution is 5.86. The van der Waals surface area contributed by atoms with Crippen LogP contribution in [0, 0.1) is 55.4 Å². The molecule has 448 valence electrons. The molecule has 0 bridgehead atoms. The average molecular weight is 1210 g/mol. The lowest BCUT2D eigenvalue weighted by molar-refractivity contribution is 0.738. The van der Waals surface area contributed by atoms with Crippen molar-refractivity contribution in [3.05, 3.63) is 287 Å². The molecular formula is C77H60N16. The molecule has 16 nitrogen and oxygen atoms in total. The van der Waals surface area contributed by atoms with E-state index in [2.05, 4.69) is 263 Å². The molecule has 16 aromatic rings. The van der Waals surface area contributed by atoms with Crippen LogP contribution in [0.4, 0.5) is 0 Å². The molecule has 8 aromatic heterocycles. The van der Waals surface area contributed by atoms with Crippen LogP contribution < -0.4 is 0 Å². The van der Waals surface area contributed by atoms with Crippen LogP contribution in [0.2, 0.25) is 0 Å². The van der Waals surface area contributed by atoms with Gasteiger partial charge in [-0.2, -0.15) is 0 Å². The minimum atomic E-state index is -1.05. The summed E-state index contributed by atoms with van der Waals surface area (Å²) in [6.07, 6.45) is 13.7. The molecule has 0 amide bonds. The molecular weight excluding hydrogens is 1150 g/mol. The number of rotatable bonds is 12. The first-order chi connectivity index (χ1) is 45.4. The molecule has 16 heteroatoms. The second-order valence-electron chi connectivity index (χ2n) is 24.0. The number of hydrogen-bond donors (Lipinski definition) is 0. The topological polar surface area (TPSA) is 174 Å². The monoisotopic (exact) mass is 1210 g/mol. The Morgan fingerprint density at radius 3 is 0.699 bits per heavy atom. The number of aryl methyl sites for hydroxylation is 8. The van der Waals surface area contributed by atoms with Crippen molar-refractivity contribution in [3.8, 4) is 68.3 Å². The van der Waals surface area contributed by atoms with Crippen LogP contribution in [0.25, 0.3) is 113 Å². The standard InChI is InChI=1S/C77H60N16/c1-45-17-9-13-21-57(45)73-86-69-65(37-78-41-82-69)90(73)61-29-25-53(33-49(61)5)77(54-26-30-62(50(6)34-54)91-66-38-79-42-83-70(66)87-74(91)58-22-14-10-18-46(58)2,55-27-31-63(51(7)35-55)92-67-39-80-43-84-71(67)88-75(92)59-23-15-11-19-47(59)3)56-28-32-64(52(8)36-56)93-68-40-81-44-85-72(68)89-76(93)60-24-16-12-20-48(60)4/h9-44H,1-8H3. The largest absolute Gasteiger partial charge is 0.289 e. The number of fused-ring (bicyclic) bond motifs is 4. The highest BCUT2D eigenvalue weighted by Crippen LogP contribution is 2.49. The first-order valence-corrected chi connectivity index (χ1v) is 30.9. The second kappa shape index (κ2) is 22.2. The van der Waals surface area contributed by atoms with Gasteiger partial charge in [0.05, 0.1) is 53.0 Å². The van der Waals surface area contributed by atoms with Crippen LogP contribution in [0.15, 0.2) is 220 Å². The van der Waals surface area contributed by atoms with Crippen molar-refractivity contribution in [2.75, 3.05) is 0 Å². The molecule has 0 aliphatic heterocycles. The Morgan fingerprint density at radius 1 is 0.258 bits per heavy atom. The van der Waals surface area contributed by atoms with Gasteiger partial charge < -0.3 is 0 Å². The van der Waals surface area contributed by atoms with Crippen LogP contribution >= 0.6 is 0 Å². The van der Waals surface area contributed by atoms with Crippen molar-refractivity contribution in [1.29, 1.82) is 0 Å². The van der Waals surface area contributed by atoms with Gasteiger partial charge in [0.1, 0.15) is 70.7 Å². The second-order valence-corrected chi connectivity index (χ2v) is 24.0. The Morgan fingerprint density at radius 2 is 0.484 bits per heavy atom.